The van der Waals surface area contributed by atoms with Gasteiger partial charge in [0.1, 0.15) is 5.60 Å². The molecular weight excluding hydrogens is 230 g/mol. The van der Waals surface area contributed by atoms with E-state index in [1.54, 1.807) is 0 Å². The molecule has 3 N–H and O–H groups in total. The first-order valence-corrected chi connectivity index (χ1v) is 6.87. The van der Waals surface area contributed by atoms with Crippen molar-refractivity contribution in [1.82, 2.24) is 10.3 Å². The van der Waals surface area contributed by atoms with E-state index in [2.05, 4.69) is 5.43 Å². The lowest BCUT2D eigenvalue weighted by molar-refractivity contribution is 0.0158. The number of carbonyl (C=O) groups is 1. The Balaban J connectivity index is 2.63. The highest BCUT2D eigenvalue weighted by molar-refractivity contribution is 5.68. The molecule has 5 heteroatoms. The molecule has 5 nitrogen and oxygen atoms in total. The van der Waals surface area contributed by atoms with Crippen LogP contribution < -0.4 is 11.3 Å². The number of nitrogens with one attached hydrogen (secondary N) is 1. The summed E-state index contributed by atoms with van der Waals surface area (Å²) < 4.78 is 5.48. The van der Waals surface area contributed by atoms with Gasteiger partial charge in [-0.2, -0.15) is 0 Å². The van der Waals surface area contributed by atoms with Crippen LogP contribution in [0, 0.1) is 0 Å². The van der Waals surface area contributed by atoms with Gasteiger partial charge in [0.15, 0.2) is 0 Å². The van der Waals surface area contributed by atoms with E-state index in [4.69, 9.17) is 10.6 Å². The molecule has 1 atom stereocenters. The minimum Gasteiger partial charge on any atom is -0.444 e. The van der Waals surface area contributed by atoms with Gasteiger partial charge in [-0.1, -0.05) is 12.8 Å². The van der Waals surface area contributed by atoms with Gasteiger partial charge >= 0.3 is 6.09 Å². The molecule has 0 spiro atoms. The van der Waals surface area contributed by atoms with Crippen LogP contribution >= 0.6 is 0 Å². The molecule has 1 fully saturated rings. The number of nitrogens with two attached hydrogens (primary N) is 1. The van der Waals surface area contributed by atoms with Gasteiger partial charge in [-0.15, -0.1) is 0 Å². The monoisotopic (exact) mass is 257 g/mol. The van der Waals surface area contributed by atoms with Crippen molar-refractivity contribution in [3.05, 3.63) is 0 Å². The number of hydrogen-bond acceptors (Lipinski definition) is 4. The third-order valence-electron chi connectivity index (χ3n) is 3.13. The Kier molecular flexibility index (Phi) is 5.88. The van der Waals surface area contributed by atoms with E-state index in [-0.39, 0.29) is 12.1 Å². The van der Waals surface area contributed by atoms with Gasteiger partial charge in [0.25, 0.3) is 0 Å². The quantitative estimate of drug-likeness (QED) is 0.599. The van der Waals surface area contributed by atoms with Gasteiger partial charge in [-0.3, -0.25) is 11.3 Å². The van der Waals surface area contributed by atoms with E-state index in [0.29, 0.717) is 0 Å². The van der Waals surface area contributed by atoms with Crippen LogP contribution in [0.4, 0.5) is 4.79 Å². The van der Waals surface area contributed by atoms with Crippen LogP contribution in [0.1, 0.15) is 52.9 Å². The summed E-state index contributed by atoms with van der Waals surface area (Å²) in [5.74, 6) is 5.32. The van der Waals surface area contributed by atoms with Crippen molar-refractivity contribution in [2.24, 2.45) is 5.84 Å². The summed E-state index contributed by atoms with van der Waals surface area (Å²) in [6.45, 7) is 7.23. The summed E-state index contributed by atoms with van der Waals surface area (Å²) in [5, 5.41) is 0. The third kappa shape index (κ3) is 5.23. The zero-order valence-corrected chi connectivity index (χ0v) is 11.9. The van der Waals surface area contributed by atoms with Crippen molar-refractivity contribution < 1.29 is 9.53 Å². The average molecular weight is 257 g/mol. The fourth-order valence-electron chi connectivity index (χ4n) is 2.29. The Morgan fingerprint density at radius 3 is 2.72 bits per heavy atom. The average Bonchev–Trinajstić information content (AvgIpc) is 2.48. The van der Waals surface area contributed by atoms with E-state index in [0.717, 1.165) is 32.4 Å². The molecule has 1 heterocycles. The molecule has 1 amide bonds. The molecular formula is C13H27N3O2. The summed E-state index contributed by atoms with van der Waals surface area (Å²) in [4.78, 5) is 14.1. The smallest absolute Gasteiger partial charge is 0.410 e. The number of nitrogens with zero attached hydrogens (tertiary/aromatic N) is 1. The molecule has 0 aromatic carbocycles. The van der Waals surface area contributed by atoms with Gasteiger partial charge in [0.2, 0.25) is 0 Å². The van der Waals surface area contributed by atoms with Crippen molar-refractivity contribution in [1.29, 1.82) is 0 Å². The highest BCUT2D eigenvalue weighted by atomic mass is 16.6. The fraction of sp³-hybridized carbons (Fsp3) is 0.923. The standard InChI is InChI=1S/C13H27N3O2/c1-13(2,3)18-12(17)16-10-6-4-5-7-11(16)8-9-15-14/h11,15H,4-10,14H2,1-3H3. The van der Waals surface area contributed by atoms with E-state index in [1.807, 2.05) is 25.7 Å². The first-order valence-electron chi connectivity index (χ1n) is 6.87. The molecule has 0 bridgehead atoms. The second kappa shape index (κ2) is 6.95. The van der Waals surface area contributed by atoms with Gasteiger partial charge in [0, 0.05) is 19.1 Å². The first kappa shape index (κ1) is 15.2. The van der Waals surface area contributed by atoms with Crippen molar-refractivity contribution in [2.45, 2.75) is 64.5 Å². The van der Waals surface area contributed by atoms with Crippen LogP contribution in [0.5, 0.6) is 0 Å². The molecule has 0 aliphatic carbocycles. The lowest BCUT2D eigenvalue weighted by Gasteiger charge is -2.32. The minimum absolute atomic E-state index is 0.188. The van der Waals surface area contributed by atoms with Crippen LogP contribution in [0.25, 0.3) is 0 Å². The molecule has 0 aromatic rings. The van der Waals surface area contributed by atoms with Crippen LogP contribution in [0.3, 0.4) is 0 Å². The Bertz CT molecular complexity index is 263. The molecule has 1 saturated heterocycles. The number of carbonyl (C=O) groups excluding carboxylic acids is 1. The van der Waals surface area contributed by atoms with Crippen molar-refractivity contribution in [3.63, 3.8) is 0 Å². The largest absolute Gasteiger partial charge is 0.444 e. The number of hydrazine groups is 1. The van der Waals surface area contributed by atoms with E-state index >= 15 is 0 Å². The SMILES string of the molecule is CC(C)(C)OC(=O)N1CCCCCC1CCNN. The number of hydrogen-bond donors (Lipinski definition) is 2. The van der Waals surface area contributed by atoms with Gasteiger partial charge in [-0.05, 0) is 40.0 Å². The van der Waals surface area contributed by atoms with Crippen molar-refractivity contribution >= 4 is 6.09 Å². The molecule has 1 aliphatic heterocycles. The highest BCUT2D eigenvalue weighted by Gasteiger charge is 2.28. The topological polar surface area (TPSA) is 67.6 Å². The highest BCUT2D eigenvalue weighted by Crippen LogP contribution is 2.21. The van der Waals surface area contributed by atoms with Crippen molar-refractivity contribution in [3.8, 4) is 0 Å². The predicted molar refractivity (Wildman–Crippen MR) is 72.0 cm³/mol. The van der Waals surface area contributed by atoms with Crippen LogP contribution in [0.15, 0.2) is 0 Å². The van der Waals surface area contributed by atoms with Gasteiger partial charge in [-0.25, -0.2) is 4.79 Å². The summed E-state index contributed by atoms with van der Waals surface area (Å²) in [5.41, 5.74) is 2.23. The van der Waals surface area contributed by atoms with Crippen molar-refractivity contribution in [2.75, 3.05) is 13.1 Å². The Hall–Kier alpha value is -0.810. The molecule has 18 heavy (non-hydrogen) atoms. The summed E-state index contributed by atoms with van der Waals surface area (Å²) in [6, 6.07) is 0.249. The van der Waals surface area contributed by atoms with E-state index in [1.165, 1.54) is 12.8 Å². The maximum absolute atomic E-state index is 12.2. The molecule has 0 saturated carbocycles. The maximum atomic E-state index is 12.2. The summed E-state index contributed by atoms with van der Waals surface area (Å²) >= 11 is 0. The molecule has 1 rings (SSSR count). The second-order valence-corrected chi connectivity index (χ2v) is 5.92. The molecule has 0 radical (unpaired) electrons. The van der Waals surface area contributed by atoms with Gasteiger partial charge < -0.3 is 9.64 Å². The number of ether oxygens (including phenoxy) is 1. The lowest BCUT2D eigenvalue weighted by atomic mass is 10.1. The summed E-state index contributed by atoms with van der Waals surface area (Å²) in [6.07, 6.45) is 5.16. The molecule has 0 aromatic heterocycles. The Morgan fingerprint density at radius 1 is 1.39 bits per heavy atom. The Labute approximate surface area is 110 Å². The number of likely N-dealkylation sites (tertiary alicyclic amines) is 1. The summed E-state index contributed by atoms with van der Waals surface area (Å²) in [7, 11) is 0. The van der Waals surface area contributed by atoms with Crippen LogP contribution in [-0.4, -0.2) is 35.7 Å². The third-order valence-corrected chi connectivity index (χ3v) is 3.13. The normalized spacial score (nSPS) is 21.6. The molecule has 106 valence electrons. The maximum Gasteiger partial charge on any atom is 0.410 e. The fourth-order valence-corrected chi connectivity index (χ4v) is 2.29. The first-order chi connectivity index (χ1) is 8.44. The zero-order chi connectivity index (χ0) is 13.6. The van der Waals surface area contributed by atoms with Crippen LogP contribution in [-0.2, 0) is 4.74 Å². The van der Waals surface area contributed by atoms with E-state index < -0.39 is 5.60 Å². The number of amides is 1. The van der Waals surface area contributed by atoms with Crippen LogP contribution in [0.2, 0.25) is 0 Å². The second-order valence-electron chi connectivity index (χ2n) is 5.92. The minimum atomic E-state index is -0.431. The lowest BCUT2D eigenvalue weighted by Crippen LogP contribution is -2.44. The number of rotatable bonds is 3. The molecule has 1 aliphatic rings. The zero-order valence-electron chi connectivity index (χ0n) is 11.9. The predicted octanol–water partition coefficient (Wildman–Crippen LogP) is 2.02. The van der Waals surface area contributed by atoms with Gasteiger partial charge in [0.05, 0.1) is 0 Å². The molecule has 1 unspecified atom stereocenters. The Morgan fingerprint density at radius 2 is 2.11 bits per heavy atom. The van der Waals surface area contributed by atoms with E-state index in [9.17, 15) is 4.79 Å².